The maximum absolute atomic E-state index is 11.9. The van der Waals surface area contributed by atoms with Crippen LogP contribution < -0.4 is 10.9 Å². The molecule has 0 fully saturated rings. The molecule has 0 spiro atoms. The summed E-state index contributed by atoms with van der Waals surface area (Å²) in [6.45, 7) is 1.75. The molecule has 26 heavy (non-hydrogen) atoms. The number of rotatable bonds is 7. The van der Waals surface area contributed by atoms with Crippen LogP contribution in [0.3, 0.4) is 0 Å². The predicted octanol–water partition coefficient (Wildman–Crippen LogP) is 1.88. The van der Waals surface area contributed by atoms with Gasteiger partial charge < -0.3 is 14.7 Å². The van der Waals surface area contributed by atoms with E-state index in [4.69, 9.17) is 4.42 Å². The molecule has 9 nitrogen and oxygen atoms in total. The third-order valence-electron chi connectivity index (χ3n) is 2.89. The maximum Gasteiger partial charge on any atom is 0.277 e. The average Bonchev–Trinajstić information content (AvgIpc) is 3.06. The number of nitrogens with zero attached hydrogens (tertiary/aromatic N) is 4. The third-order valence-corrected chi connectivity index (χ3v) is 4.56. The minimum absolute atomic E-state index is 0.123. The van der Waals surface area contributed by atoms with Gasteiger partial charge in [-0.05, 0) is 19.1 Å². The van der Waals surface area contributed by atoms with Crippen LogP contribution in [0.25, 0.3) is 0 Å². The van der Waals surface area contributed by atoms with Crippen molar-refractivity contribution in [3.63, 3.8) is 0 Å². The highest BCUT2D eigenvalue weighted by molar-refractivity contribution is 7.99. The molecule has 0 bridgehead atoms. The van der Waals surface area contributed by atoms with Crippen molar-refractivity contribution in [1.29, 1.82) is 0 Å². The monoisotopic (exact) mass is 390 g/mol. The number of amides is 1. The van der Waals surface area contributed by atoms with Crippen molar-refractivity contribution in [2.75, 3.05) is 11.1 Å². The van der Waals surface area contributed by atoms with Crippen LogP contribution in [-0.4, -0.2) is 36.8 Å². The number of aromatic amines is 1. The Morgan fingerprint density at radius 1 is 1.31 bits per heavy atom. The molecule has 1 amide bonds. The summed E-state index contributed by atoms with van der Waals surface area (Å²) < 4.78 is 5.47. The van der Waals surface area contributed by atoms with E-state index in [9.17, 15) is 9.59 Å². The summed E-state index contributed by atoms with van der Waals surface area (Å²) in [4.78, 5) is 34.1. The number of aryl methyl sites for hydroxylation is 1. The van der Waals surface area contributed by atoms with Gasteiger partial charge in [-0.15, -0.1) is 10.2 Å². The normalized spacial score (nSPS) is 10.7. The zero-order valence-electron chi connectivity index (χ0n) is 13.6. The van der Waals surface area contributed by atoms with Crippen molar-refractivity contribution in [2.45, 2.75) is 23.1 Å². The van der Waals surface area contributed by atoms with Crippen molar-refractivity contribution in [3.05, 3.63) is 52.4 Å². The number of thioether (sulfide) groups is 2. The van der Waals surface area contributed by atoms with Crippen LogP contribution in [0.15, 0.2) is 50.1 Å². The van der Waals surface area contributed by atoms with Crippen molar-refractivity contribution in [3.8, 4) is 0 Å². The second-order valence-corrected chi connectivity index (χ2v) is 6.88. The fourth-order valence-electron chi connectivity index (χ4n) is 1.85. The van der Waals surface area contributed by atoms with Crippen LogP contribution in [0.1, 0.15) is 11.6 Å². The van der Waals surface area contributed by atoms with E-state index < -0.39 is 0 Å². The number of hydrogen-bond acceptors (Lipinski definition) is 9. The van der Waals surface area contributed by atoms with Gasteiger partial charge in [-0.1, -0.05) is 29.6 Å². The molecule has 0 aliphatic rings. The Kier molecular flexibility index (Phi) is 6.02. The van der Waals surface area contributed by atoms with Gasteiger partial charge in [-0.3, -0.25) is 9.59 Å². The highest BCUT2D eigenvalue weighted by Gasteiger charge is 2.11. The van der Waals surface area contributed by atoms with E-state index in [1.54, 1.807) is 31.3 Å². The number of H-pyrrole nitrogens is 1. The largest absolute Gasteiger partial charge is 0.415 e. The van der Waals surface area contributed by atoms with Crippen LogP contribution in [0, 0.1) is 6.92 Å². The summed E-state index contributed by atoms with van der Waals surface area (Å²) in [5.74, 6) is 1.13. The van der Waals surface area contributed by atoms with Gasteiger partial charge >= 0.3 is 0 Å². The van der Waals surface area contributed by atoms with Crippen molar-refractivity contribution >= 4 is 35.2 Å². The van der Waals surface area contributed by atoms with Crippen LogP contribution in [0.2, 0.25) is 0 Å². The maximum atomic E-state index is 11.9. The molecule has 0 aromatic carbocycles. The first kappa shape index (κ1) is 18.1. The van der Waals surface area contributed by atoms with Gasteiger partial charge in [-0.25, -0.2) is 9.97 Å². The molecule has 3 heterocycles. The molecule has 0 aliphatic heterocycles. The highest BCUT2D eigenvalue weighted by Crippen LogP contribution is 2.21. The molecule has 3 aromatic rings. The van der Waals surface area contributed by atoms with E-state index >= 15 is 0 Å². The molecule has 3 aromatic heterocycles. The molecule has 2 N–H and O–H groups in total. The first-order chi connectivity index (χ1) is 12.6. The molecule has 0 unspecified atom stereocenters. The molecular formula is C15H14N6O3S2. The van der Waals surface area contributed by atoms with Crippen molar-refractivity contribution in [2.24, 2.45) is 0 Å². The minimum Gasteiger partial charge on any atom is -0.415 e. The smallest absolute Gasteiger partial charge is 0.277 e. The molecular weight excluding hydrogens is 376 g/mol. The van der Waals surface area contributed by atoms with Crippen LogP contribution in [0.5, 0.6) is 0 Å². The second-order valence-electron chi connectivity index (χ2n) is 4.99. The van der Waals surface area contributed by atoms with Gasteiger partial charge in [0.1, 0.15) is 5.82 Å². The lowest BCUT2D eigenvalue weighted by atomic mass is 10.4. The molecule has 0 saturated heterocycles. The highest BCUT2D eigenvalue weighted by atomic mass is 32.2. The predicted molar refractivity (Wildman–Crippen MR) is 97.0 cm³/mol. The Morgan fingerprint density at radius 2 is 2.19 bits per heavy atom. The van der Waals surface area contributed by atoms with E-state index in [0.717, 1.165) is 11.8 Å². The lowest BCUT2D eigenvalue weighted by molar-refractivity contribution is -0.113. The van der Waals surface area contributed by atoms with Crippen molar-refractivity contribution < 1.29 is 9.21 Å². The van der Waals surface area contributed by atoms with Gasteiger partial charge in [0.25, 0.3) is 10.8 Å². The zero-order valence-corrected chi connectivity index (χ0v) is 15.3. The van der Waals surface area contributed by atoms with E-state index in [1.807, 2.05) is 0 Å². The molecule has 134 valence electrons. The number of pyridine rings is 1. The summed E-state index contributed by atoms with van der Waals surface area (Å²) in [5.41, 5.74) is 0.428. The number of nitrogens with one attached hydrogen (secondary N) is 2. The lowest BCUT2D eigenvalue weighted by Gasteiger charge is -2.01. The topological polar surface area (TPSA) is 127 Å². The summed E-state index contributed by atoms with van der Waals surface area (Å²) in [6, 6.07) is 6.67. The summed E-state index contributed by atoms with van der Waals surface area (Å²) in [7, 11) is 0. The van der Waals surface area contributed by atoms with Gasteiger partial charge in [-0.2, -0.15) is 0 Å². The number of anilines is 1. The standard InChI is InChI=1S/C15H14N6O3S2/c1-9-6-11(22)19-14(17-9)25-8-13-20-21-15(24-13)26-7-12(23)18-10-4-2-3-5-16-10/h2-6H,7-8H2,1H3,(H,16,18,23)(H,17,19,22). The van der Waals surface area contributed by atoms with Crippen LogP contribution in [-0.2, 0) is 10.5 Å². The Balaban J connectivity index is 1.48. The number of aromatic nitrogens is 5. The number of hydrogen-bond donors (Lipinski definition) is 2. The first-order valence-electron chi connectivity index (χ1n) is 7.45. The van der Waals surface area contributed by atoms with Gasteiger partial charge in [0.2, 0.25) is 11.8 Å². The Morgan fingerprint density at radius 3 is 2.96 bits per heavy atom. The van der Waals surface area contributed by atoms with Gasteiger partial charge in [0.05, 0.1) is 11.5 Å². The summed E-state index contributed by atoms with van der Waals surface area (Å²) >= 11 is 2.41. The average molecular weight is 390 g/mol. The summed E-state index contributed by atoms with van der Waals surface area (Å²) in [6.07, 6.45) is 1.60. The van der Waals surface area contributed by atoms with E-state index in [2.05, 4.69) is 30.5 Å². The quantitative estimate of drug-likeness (QED) is 0.459. The third kappa shape index (κ3) is 5.43. The number of carbonyl (C=O) groups is 1. The molecule has 0 radical (unpaired) electrons. The van der Waals surface area contributed by atoms with Crippen LogP contribution >= 0.6 is 23.5 Å². The van der Waals surface area contributed by atoms with Gasteiger partial charge in [0.15, 0.2) is 5.16 Å². The van der Waals surface area contributed by atoms with E-state index in [-0.39, 0.29) is 17.2 Å². The Bertz CT molecular complexity index is 944. The zero-order chi connectivity index (χ0) is 18.4. The van der Waals surface area contributed by atoms with E-state index in [1.165, 1.54) is 17.8 Å². The first-order valence-corrected chi connectivity index (χ1v) is 9.42. The Labute approximate surface area is 156 Å². The van der Waals surface area contributed by atoms with Crippen molar-refractivity contribution in [1.82, 2.24) is 25.1 Å². The van der Waals surface area contributed by atoms with E-state index in [0.29, 0.717) is 33.5 Å². The Hall–Kier alpha value is -2.66. The molecule has 3 rings (SSSR count). The molecule has 0 saturated carbocycles. The molecule has 0 aliphatic carbocycles. The molecule has 11 heteroatoms. The van der Waals surface area contributed by atoms with Gasteiger partial charge in [0, 0.05) is 18.0 Å². The summed E-state index contributed by atoms with van der Waals surface area (Å²) in [5, 5.41) is 11.3. The lowest BCUT2D eigenvalue weighted by Crippen LogP contribution is -2.14. The molecule has 0 atom stereocenters. The SMILES string of the molecule is Cc1cc(=O)[nH]c(SCc2nnc(SCC(=O)Nc3ccccn3)o2)n1. The van der Waals surface area contributed by atoms with Crippen LogP contribution in [0.4, 0.5) is 5.82 Å². The number of carbonyl (C=O) groups excluding carboxylic acids is 1. The fourth-order valence-corrected chi connectivity index (χ4v) is 3.19. The minimum atomic E-state index is -0.218. The fraction of sp³-hybridized carbons (Fsp3) is 0.200. The second kappa shape index (κ2) is 8.63.